The predicted molar refractivity (Wildman–Crippen MR) is 95.6 cm³/mol. The molecule has 1 aromatic carbocycles. The largest absolute Gasteiger partial charge is 0.313 e. The summed E-state index contributed by atoms with van der Waals surface area (Å²) in [6.45, 7) is 10.3. The van der Waals surface area contributed by atoms with Crippen molar-refractivity contribution in [3.8, 4) is 0 Å². The molecule has 0 fully saturated rings. The Labute approximate surface area is 137 Å². The first-order valence-corrected chi connectivity index (χ1v) is 9.30. The maximum absolute atomic E-state index is 3.69. The Morgan fingerprint density at radius 1 is 1.30 bits per heavy atom. The van der Waals surface area contributed by atoms with Gasteiger partial charge in [-0.1, -0.05) is 49.7 Å². The summed E-state index contributed by atoms with van der Waals surface area (Å²) in [7, 11) is 0. The van der Waals surface area contributed by atoms with Crippen molar-refractivity contribution in [1.82, 2.24) is 5.32 Å². The molecule has 0 aliphatic carbocycles. The van der Waals surface area contributed by atoms with E-state index in [0.29, 0.717) is 11.5 Å². The first-order valence-electron chi connectivity index (χ1n) is 7.52. The highest BCUT2D eigenvalue weighted by Gasteiger charge is 2.15. The van der Waals surface area contributed by atoms with E-state index in [-0.39, 0.29) is 0 Å². The molecule has 20 heavy (non-hydrogen) atoms. The molecular weight excluding hydrogens is 330 g/mol. The van der Waals surface area contributed by atoms with E-state index < -0.39 is 0 Å². The van der Waals surface area contributed by atoms with Crippen LogP contribution >= 0.6 is 27.7 Å². The van der Waals surface area contributed by atoms with Crippen molar-refractivity contribution >= 4 is 27.7 Å². The summed E-state index contributed by atoms with van der Waals surface area (Å²) in [4.78, 5) is 1.35. The Kier molecular flexibility index (Phi) is 8.23. The van der Waals surface area contributed by atoms with E-state index >= 15 is 0 Å². The fourth-order valence-electron chi connectivity index (χ4n) is 1.95. The van der Waals surface area contributed by atoms with Gasteiger partial charge in [-0.25, -0.2) is 0 Å². The van der Waals surface area contributed by atoms with Gasteiger partial charge < -0.3 is 5.32 Å². The molecule has 0 heterocycles. The Bertz CT molecular complexity index is 387. The smallest absolute Gasteiger partial charge is 0.0186 e. The lowest BCUT2D eigenvalue weighted by atomic mass is 9.89. The zero-order valence-corrected chi connectivity index (χ0v) is 15.6. The first kappa shape index (κ1) is 18.1. The van der Waals surface area contributed by atoms with Crippen molar-refractivity contribution in [3.05, 3.63) is 28.7 Å². The van der Waals surface area contributed by atoms with E-state index in [0.717, 1.165) is 16.8 Å². The van der Waals surface area contributed by atoms with Crippen LogP contribution in [-0.4, -0.2) is 18.3 Å². The van der Waals surface area contributed by atoms with Crippen LogP contribution in [0.3, 0.4) is 0 Å². The second-order valence-electron chi connectivity index (χ2n) is 6.52. The lowest BCUT2D eigenvalue weighted by Gasteiger charge is -2.24. The van der Waals surface area contributed by atoms with Crippen molar-refractivity contribution < 1.29 is 0 Å². The molecule has 0 spiro atoms. The molecule has 1 aromatic rings. The second kappa shape index (κ2) is 9.11. The summed E-state index contributed by atoms with van der Waals surface area (Å²) < 4.78 is 1.16. The van der Waals surface area contributed by atoms with E-state index in [1.54, 1.807) is 0 Å². The van der Waals surface area contributed by atoms with Gasteiger partial charge in [0.25, 0.3) is 0 Å². The zero-order valence-electron chi connectivity index (χ0n) is 13.2. The lowest BCUT2D eigenvalue weighted by Crippen LogP contribution is -2.33. The third-order valence-electron chi connectivity index (χ3n) is 3.17. The van der Waals surface area contributed by atoms with Gasteiger partial charge in [0.05, 0.1) is 0 Å². The van der Waals surface area contributed by atoms with Crippen LogP contribution in [0.25, 0.3) is 0 Å². The SMILES string of the molecule is CCCNC(CCC(C)(C)C)CSc1cccc(Br)c1. The molecule has 1 unspecified atom stereocenters. The van der Waals surface area contributed by atoms with Crippen LogP contribution < -0.4 is 5.32 Å². The van der Waals surface area contributed by atoms with E-state index in [2.05, 4.69) is 73.2 Å². The topological polar surface area (TPSA) is 12.0 Å². The number of benzene rings is 1. The minimum absolute atomic E-state index is 0.423. The summed E-state index contributed by atoms with van der Waals surface area (Å²) >= 11 is 5.49. The molecule has 1 N–H and O–H groups in total. The minimum atomic E-state index is 0.423. The molecule has 0 aromatic heterocycles. The Morgan fingerprint density at radius 3 is 2.65 bits per heavy atom. The van der Waals surface area contributed by atoms with E-state index in [9.17, 15) is 0 Å². The molecule has 0 bridgehead atoms. The molecule has 0 saturated carbocycles. The molecule has 1 nitrogen and oxygen atoms in total. The van der Waals surface area contributed by atoms with Crippen molar-refractivity contribution in [2.24, 2.45) is 5.41 Å². The molecular formula is C17H28BrNS. The highest BCUT2D eigenvalue weighted by molar-refractivity contribution is 9.10. The number of hydrogen-bond acceptors (Lipinski definition) is 2. The number of thioether (sulfide) groups is 1. The van der Waals surface area contributed by atoms with E-state index in [4.69, 9.17) is 0 Å². The number of hydrogen-bond donors (Lipinski definition) is 1. The summed E-state index contributed by atoms with van der Waals surface area (Å²) in [5, 5.41) is 3.69. The highest BCUT2D eigenvalue weighted by Crippen LogP contribution is 2.26. The van der Waals surface area contributed by atoms with Crippen LogP contribution in [-0.2, 0) is 0 Å². The molecule has 0 amide bonds. The van der Waals surface area contributed by atoms with Crippen molar-refractivity contribution in [3.63, 3.8) is 0 Å². The van der Waals surface area contributed by atoms with Gasteiger partial charge in [0.2, 0.25) is 0 Å². The molecule has 1 atom stereocenters. The molecule has 1 rings (SSSR count). The Balaban J connectivity index is 2.47. The van der Waals surface area contributed by atoms with Gasteiger partial charge in [0.15, 0.2) is 0 Å². The third kappa shape index (κ3) is 8.33. The average Bonchev–Trinajstić information content (AvgIpc) is 2.37. The number of halogens is 1. The van der Waals surface area contributed by atoms with Crippen molar-refractivity contribution in [2.45, 2.75) is 57.9 Å². The molecule has 0 aliphatic heterocycles. The normalized spacial score (nSPS) is 13.4. The molecule has 114 valence electrons. The standard InChI is InChI=1S/C17H28BrNS/c1-5-11-19-15(9-10-17(2,3)4)13-20-16-8-6-7-14(18)12-16/h6-8,12,15,19H,5,9-11,13H2,1-4H3. The highest BCUT2D eigenvalue weighted by atomic mass is 79.9. The van der Waals surface area contributed by atoms with Gasteiger partial charge in [-0.05, 0) is 49.4 Å². The molecule has 0 radical (unpaired) electrons. The summed E-state index contributed by atoms with van der Waals surface area (Å²) in [6.07, 6.45) is 3.73. The predicted octanol–water partition coefficient (Wildman–Crippen LogP) is 5.74. The Hall–Kier alpha value is 0.01000. The van der Waals surface area contributed by atoms with Crippen LogP contribution in [0.15, 0.2) is 33.6 Å². The summed E-state index contributed by atoms with van der Waals surface area (Å²) in [6, 6.07) is 9.19. The average molecular weight is 358 g/mol. The van der Waals surface area contributed by atoms with E-state index in [1.165, 1.54) is 24.2 Å². The van der Waals surface area contributed by atoms with Gasteiger partial charge in [-0.3, -0.25) is 0 Å². The van der Waals surface area contributed by atoms with Crippen molar-refractivity contribution in [1.29, 1.82) is 0 Å². The second-order valence-corrected chi connectivity index (χ2v) is 8.53. The minimum Gasteiger partial charge on any atom is -0.313 e. The van der Waals surface area contributed by atoms with Gasteiger partial charge >= 0.3 is 0 Å². The molecule has 0 saturated heterocycles. The van der Waals surface area contributed by atoms with Crippen LogP contribution in [0.5, 0.6) is 0 Å². The van der Waals surface area contributed by atoms with Crippen LogP contribution in [0.2, 0.25) is 0 Å². The third-order valence-corrected chi connectivity index (χ3v) is 4.82. The fourth-order valence-corrected chi connectivity index (χ4v) is 3.57. The van der Waals surface area contributed by atoms with Crippen LogP contribution in [0.1, 0.15) is 47.0 Å². The summed E-state index contributed by atoms with van der Waals surface area (Å²) in [5.74, 6) is 1.15. The van der Waals surface area contributed by atoms with Crippen LogP contribution in [0.4, 0.5) is 0 Å². The maximum atomic E-state index is 3.69. The number of nitrogens with one attached hydrogen (secondary N) is 1. The molecule has 3 heteroatoms. The van der Waals surface area contributed by atoms with Gasteiger partial charge in [-0.2, -0.15) is 0 Å². The van der Waals surface area contributed by atoms with Gasteiger partial charge in [0, 0.05) is 21.2 Å². The fraction of sp³-hybridized carbons (Fsp3) is 0.647. The van der Waals surface area contributed by atoms with Gasteiger partial charge in [-0.15, -0.1) is 11.8 Å². The van der Waals surface area contributed by atoms with Gasteiger partial charge in [0.1, 0.15) is 0 Å². The van der Waals surface area contributed by atoms with Crippen molar-refractivity contribution in [2.75, 3.05) is 12.3 Å². The molecule has 0 aliphatic rings. The number of rotatable bonds is 8. The summed E-state index contributed by atoms with van der Waals surface area (Å²) in [5.41, 5.74) is 0.423. The lowest BCUT2D eigenvalue weighted by molar-refractivity contribution is 0.338. The van der Waals surface area contributed by atoms with Crippen LogP contribution in [0, 0.1) is 5.41 Å². The zero-order chi connectivity index (χ0) is 15.0. The first-order chi connectivity index (χ1) is 9.40. The maximum Gasteiger partial charge on any atom is 0.0186 e. The Morgan fingerprint density at radius 2 is 2.05 bits per heavy atom. The quantitative estimate of drug-likeness (QED) is 0.595. The van der Waals surface area contributed by atoms with E-state index in [1.807, 2.05) is 11.8 Å². The monoisotopic (exact) mass is 357 g/mol.